The Bertz CT molecular complexity index is 601. The van der Waals surface area contributed by atoms with Crippen molar-refractivity contribution in [1.29, 1.82) is 0 Å². The van der Waals surface area contributed by atoms with E-state index in [0.717, 1.165) is 28.8 Å². The number of aryl methyl sites for hydroxylation is 2. The lowest BCUT2D eigenvalue weighted by atomic mass is 10.1. The molecule has 0 spiro atoms. The average molecular weight is 278 g/mol. The molecule has 0 saturated heterocycles. The number of benzene rings is 2. The Morgan fingerprint density at radius 2 is 1.60 bits per heavy atom. The molecule has 2 rings (SSSR count). The highest BCUT2D eigenvalue weighted by atomic mass is 19.2. The van der Waals surface area contributed by atoms with E-state index in [2.05, 4.69) is 0 Å². The fraction of sp³-hybridized carbons (Fsp3) is 0.250. The molecule has 0 aliphatic rings. The average Bonchev–Trinajstić information content (AvgIpc) is 2.41. The summed E-state index contributed by atoms with van der Waals surface area (Å²) in [6.07, 6.45) is 0. The van der Waals surface area contributed by atoms with Crippen molar-refractivity contribution in [3.8, 4) is 5.75 Å². The summed E-state index contributed by atoms with van der Waals surface area (Å²) >= 11 is 0. The van der Waals surface area contributed by atoms with Crippen LogP contribution in [0.4, 0.5) is 8.78 Å². The van der Waals surface area contributed by atoms with Gasteiger partial charge in [-0.15, -0.1) is 0 Å². The molecule has 0 aliphatic heterocycles. The first-order valence-electron chi connectivity index (χ1n) is 6.29. The fourth-order valence-electron chi connectivity index (χ4n) is 2.14. The molecule has 20 heavy (non-hydrogen) atoms. The van der Waals surface area contributed by atoms with E-state index >= 15 is 0 Å². The summed E-state index contributed by atoms with van der Waals surface area (Å²) in [4.78, 5) is 0. The van der Waals surface area contributed by atoms with Gasteiger partial charge in [0.25, 0.3) is 0 Å². The number of hydrogen-bond acceptors (Lipinski definition) is 2. The van der Waals surface area contributed by atoms with Gasteiger partial charge in [0.1, 0.15) is 12.4 Å². The van der Waals surface area contributed by atoms with Gasteiger partial charge in [-0.25, -0.2) is 8.78 Å². The van der Waals surface area contributed by atoms with Crippen molar-refractivity contribution < 1.29 is 18.6 Å². The lowest BCUT2D eigenvalue weighted by molar-refractivity contribution is 0.280. The molecule has 2 nitrogen and oxygen atoms in total. The summed E-state index contributed by atoms with van der Waals surface area (Å²) in [5.74, 6) is -1.05. The lowest BCUT2D eigenvalue weighted by Gasteiger charge is -2.13. The summed E-state index contributed by atoms with van der Waals surface area (Å²) in [5.41, 5.74) is 3.18. The van der Waals surface area contributed by atoms with E-state index in [0.29, 0.717) is 11.3 Å². The van der Waals surface area contributed by atoms with Crippen LogP contribution in [0.1, 0.15) is 22.3 Å². The Labute approximate surface area is 116 Å². The van der Waals surface area contributed by atoms with Crippen LogP contribution in [-0.4, -0.2) is 5.11 Å². The summed E-state index contributed by atoms with van der Waals surface area (Å²) < 4.78 is 31.6. The third-order valence-electron chi connectivity index (χ3n) is 3.07. The van der Waals surface area contributed by atoms with Gasteiger partial charge in [0.05, 0.1) is 6.61 Å². The van der Waals surface area contributed by atoms with Gasteiger partial charge in [0.15, 0.2) is 11.6 Å². The van der Waals surface area contributed by atoms with Crippen molar-refractivity contribution in [1.82, 2.24) is 0 Å². The Morgan fingerprint density at radius 3 is 2.15 bits per heavy atom. The first kappa shape index (κ1) is 14.5. The number of aliphatic hydroxyl groups excluding tert-OH is 1. The molecule has 0 heterocycles. The fourth-order valence-corrected chi connectivity index (χ4v) is 2.14. The van der Waals surface area contributed by atoms with Gasteiger partial charge in [-0.3, -0.25) is 0 Å². The van der Waals surface area contributed by atoms with Gasteiger partial charge in [-0.05, 0) is 48.2 Å². The van der Waals surface area contributed by atoms with E-state index in [4.69, 9.17) is 9.84 Å². The Kier molecular flexibility index (Phi) is 4.35. The second kappa shape index (κ2) is 6.01. The maximum absolute atomic E-state index is 13.1. The molecule has 0 radical (unpaired) electrons. The van der Waals surface area contributed by atoms with Gasteiger partial charge in [-0.2, -0.15) is 0 Å². The number of rotatable bonds is 4. The first-order valence-corrected chi connectivity index (χ1v) is 6.29. The standard InChI is InChI=1S/C16H16F2O2/c1-10-5-13(8-19)6-11(2)16(10)20-9-12-3-4-14(17)15(18)7-12/h3-7,19H,8-9H2,1-2H3. The predicted octanol–water partition coefficient (Wildman–Crippen LogP) is 3.65. The van der Waals surface area contributed by atoms with Crippen LogP contribution in [0.3, 0.4) is 0 Å². The summed E-state index contributed by atoms with van der Waals surface area (Å²) in [7, 11) is 0. The maximum Gasteiger partial charge on any atom is 0.159 e. The van der Waals surface area contributed by atoms with Gasteiger partial charge in [-0.1, -0.05) is 18.2 Å². The van der Waals surface area contributed by atoms with Gasteiger partial charge >= 0.3 is 0 Å². The molecule has 0 aromatic heterocycles. The van der Waals surface area contributed by atoms with E-state index in [1.807, 2.05) is 26.0 Å². The second-order valence-electron chi connectivity index (χ2n) is 4.75. The molecule has 106 valence electrons. The highest BCUT2D eigenvalue weighted by Crippen LogP contribution is 2.26. The molecule has 0 saturated carbocycles. The van der Waals surface area contributed by atoms with Crippen LogP contribution in [0.25, 0.3) is 0 Å². The molecule has 0 fully saturated rings. The number of ether oxygens (including phenoxy) is 1. The zero-order chi connectivity index (χ0) is 14.7. The topological polar surface area (TPSA) is 29.5 Å². The summed E-state index contributed by atoms with van der Waals surface area (Å²) in [6, 6.07) is 7.39. The van der Waals surface area contributed by atoms with Crippen molar-refractivity contribution in [3.63, 3.8) is 0 Å². The minimum absolute atomic E-state index is 0.0227. The van der Waals surface area contributed by atoms with Crippen LogP contribution in [-0.2, 0) is 13.2 Å². The molecule has 2 aromatic rings. The summed E-state index contributed by atoms with van der Waals surface area (Å²) in [5, 5.41) is 9.12. The molecule has 0 amide bonds. The zero-order valence-electron chi connectivity index (χ0n) is 11.4. The maximum atomic E-state index is 13.1. The third-order valence-corrected chi connectivity index (χ3v) is 3.07. The molecular weight excluding hydrogens is 262 g/mol. The van der Waals surface area contributed by atoms with E-state index in [9.17, 15) is 8.78 Å². The van der Waals surface area contributed by atoms with Gasteiger partial charge in [0, 0.05) is 0 Å². The number of halogens is 2. The molecule has 0 aliphatic carbocycles. The minimum Gasteiger partial charge on any atom is -0.488 e. The van der Waals surface area contributed by atoms with Crippen LogP contribution in [0.5, 0.6) is 5.75 Å². The van der Waals surface area contributed by atoms with Crippen molar-refractivity contribution in [3.05, 3.63) is 64.2 Å². The van der Waals surface area contributed by atoms with Crippen LogP contribution in [0, 0.1) is 25.5 Å². The second-order valence-corrected chi connectivity index (χ2v) is 4.75. The quantitative estimate of drug-likeness (QED) is 0.925. The van der Waals surface area contributed by atoms with Crippen molar-refractivity contribution in [2.75, 3.05) is 0 Å². The third kappa shape index (κ3) is 3.14. The summed E-state index contributed by atoms with van der Waals surface area (Å²) in [6.45, 7) is 3.90. The normalized spacial score (nSPS) is 10.7. The van der Waals surface area contributed by atoms with Crippen LogP contribution < -0.4 is 4.74 Å². The van der Waals surface area contributed by atoms with Crippen molar-refractivity contribution in [2.45, 2.75) is 27.1 Å². The first-order chi connectivity index (χ1) is 9.51. The molecule has 4 heteroatoms. The SMILES string of the molecule is Cc1cc(CO)cc(C)c1OCc1ccc(F)c(F)c1. The Morgan fingerprint density at radius 1 is 0.950 bits per heavy atom. The van der Waals surface area contributed by atoms with E-state index < -0.39 is 11.6 Å². The van der Waals surface area contributed by atoms with Crippen LogP contribution in [0.2, 0.25) is 0 Å². The predicted molar refractivity (Wildman–Crippen MR) is 72.5 cm³/mol. The molecule has 0 atom stereocenters. The van der Waals surface area contributed by atoms with Crippen LogP contribution >= 0.6 is 0 Å². The molecule has 1 N–H and O–H groups in total. The highest BCUT2D eigenvalue weighted by Gasteiger charge is 2.08. The molecule has 2 aromatic carbocycles. The van der Waals surface area contributed by atoms with E-state index in [1.54, 1.807) is 0 Å². The van der Waals surface area contributed by atoms with Crippen LogP contribution in [0.15, 0.2) is 30.3 Å². The Hall–Kier alpha value is -1.94. The van der Waals surface area contributed by atoms with Crippen molar-refractivity contribution in [2.24, 2.45) is 0 Å². The number of hydrogen-bond donors (Lipinski definition) is 1. The highest BCUT2D eigenvalue weighted by molar-refractivity contribution is 5.43. The minimum atomic E-state index is -0.879. The van der Waals surface area contributed by atoms with Crippen molar-refractivity contribution >= 4 is 0 Å². The van der Waals surface area contributed by atoms with E-state index in [-0.39, 0.29) is 13.2 Å². The number of aliphatic hydroxyl groups is 1. The van der Waals surface area contributed by atoms with Gasteiger partial charge < -0.3 is 9.84 Å². The molecular formula is C16H16F2O2. The smallest absolute Gasteiger partial charge is 0.159 e. The largest absolute Gasteiger partial charge is 0.488 e. The molecule has 0 unspecified atom stereocenters. The van der Waals surface area contributed by atoms with Gasteiger partial charge in [0.2, 0.25) is 0 Å². The van der Waals surface area contributed by atoms with E-state index in [1.165, 1.54) is 6.07 Å². The zero-order valence-corrected chi connectivity index (χ0v) is 11.4. The molecule has 0 bridgehead atoms. The lowest BCUT2D eigenvalue weighted by Crippen LogP contribution is -2.01. The monoisotopic (exact) mass is 278 g/mol. The Balaban J connectivity index is 2.16.